The molecule has 1 atom stereocenters. The van der Waals surface area contributed by atoms with Gasteiger partial charge in [0.1, 0.15) is 0 Å². The first-order valence-electron chi connectivity index (χ1n) is 8.81. The topological polar surface area (TPSA) is 105 Å². The second kappa shape index (κ2) is 8.46. The predicted molar refractivity (Wildman–Crippen MR) is 87.4 cm³/mol. The van der Waals surface area contributed by atoms with Crippen LogP contribution >= 0.6 is 0 Å². The Morgan fingerprint density at radius 2 is 1.83 bits per heavy atom. The summed E-state index contributed by atoms with van der Waals surface area (Å²) >= 11 is 0. The van der Waals surface area contributed by atoms with E-state index in [1.54, 1.807) is 6.92 Å². The number of carboxylic acid groups (broad SMARTS) is 1. The first-order chi connectivity index (χ1) is 11.4. The molecule has 1 saturated heterocycles. The summed E-state index contributed by atoms with van der Waals surface area (Å²) < 4.78 is 5.28. The van der Waals surface area contributed by atoms with Crippen LogP contribution in [0.1, 0.15) is 58.3 Å². The van der Waals surface area contributed by atoms with Crippen molar-refractivity contribution in [3.63, 3.8) is 0 Å². The van der Waals surface area contributed by atoms with E-state index in [1.165, 1.54) is 0 Å². The molecule has 0 aromatic carbocycles. The third kappa shape index (κ3) is 5.47. The summed E-state index contributed by atoms with van der Waals surface area (Å²) in [7, 11) is 0. The van der Waals surface area contributed by atoms with Crippen LogP contribution in [0.2, 0.25) is 0 Å². The second-order valence-electron chi connectivity index (χ2n) is 7.11. The van der Waals surface area contributed by atoms with Crippen LogP contribution in [0, 0.1) is 5.92 Å². The molecule has 2 rings (SSSR count). The quantitative estimate of drug-likeness (QED) is 0.646. The molecule has 0 bridgehead atoms. The molecule has 3 N–H and O–H groups in total. The lowest BCUT2D eigenvalue weighted by Crippen LogP contribution is -2.54. The molecule has 7 nitrogen and oxygen atoms in total. The summed E-state index contributed by atoms with van der Waals surface area (Å²) in [4.78, 5) is 35.5. The van der Waals surface area contributed by atoms with Crippen LogP contribution in [0.3, 0.4) is 0 Å². The zero-order valence-corrected chi connectivity index (χ0v) is 14.3. The molecule has 24 heavy (non-hydrogen) atoms. The van der Waals surface area contributed by atoms with Gasteiger partial charge >= 0.3 is 5.97 Å². The maximum atomic E-state index is 12.3. The number of rotatable bonds is 7. The van der Waals surface area contributed by atoms with E-state index in [2.05, 4.69) is 10.6 Å². The maximum Gasteiger partial charge on any atom is 0.305 e. The van der Waals surface area contributed by atoms with Gasteiger partial charge in [-0.25, -0.2) is 0 Å². The molecular weight excluding hydrogens is 312 g/mol. The normalized spacial score (nSPS) is 21.9. The van der Waals surface area contributed by atoms with Gasteiger partial charge in [0.05, 0.1) is 12.0 Å². The molecule has 0 aromatic heterocycles. The molecule has 1 aliphatic carbocycles. The number of aliphatic carboxylic acids is 1. The summed E-state index contributed by atoms with van der Waals surface area (Å²) in [5.41, 5.74) is -0.740. The van der Waals surface area contributed by atoms with Gasteiger partial charge in [-0.2, -0.15) is 0 Å². The zero-order valence-electron chi connectivity index (χ0n) is 14.3. The highest BCUT2D eigenvalue weighted by atomic mass is 16.5. The molecule has 1 aliphatic heterocycles. The number of hydrogen-bond acceptors (Lipinski definition) is 4. The van der Waals surface area contributed by atoms with Gasteiger partial charge in [-0.05, 0) is 32.6 Å². The van der Waals surface area contributed by atoms with Gasteiger partial charge in [0.2, 0.25) is 11.8 Å². The molecule has 0 spiro atoms. The van der Waals surface area contributed by atoms with E-state index in [0.29, 0.717) is 26.1 Å². The lowest BCUT2D eigenvalue weighted by atomic mass is 9.86. The van der Waals surface area contributed by atoms with Gasteiger partial charge < -0.3 is 20.5 Å². The van der Waals surface area contributed by atoms with E-state index in [9.17, 15) is 14.4 Å². The fourth-order valence-electron chi connectivity index (χ4n) is 3.62. The van der Waals surface area contributed by atoms with Crippen LogP contribution in [0.4, 0.5) is 0 Å². The minimum Gasteiger partial charge on any atom is -0.481 e. The van der Waals surface area contributed by atoms with Crippen molar-refractivity contribution in [2.45, 2.75) is 69.9 Å². The molecule has 7 heteroatoms. The molecular formula is C17H28N2O5. The second-order valence-corrected chi connectivity index (χ2v) is 7.11. The number of carbonyl (C=O) groups excluding carboxylic acids is 2. The first-order valence-corrected chi connectivity index (χ1v) is 8.81. The van der Waals surface area contributed by atoms with Crippen LogP contribution in [0.5, 0.6) is 0 Å². The Balaban J connectivity index is 1.83. The molecule has 136 valence electrons. The Bertz CT molecular complexity index is 468. The third-order valence-electron chi connectivity index (χ3n) is 4.95. The minimum absolute atomic E-state index is 0.0270. The third-order valence-corrected chi connectivity index (χ3v) is 4.95. The molecule has 0 aromatic rings. The predicted octanol–water partition coefficient (Wildman–Crippen LogP) is 1.21. The van der Waals surface area contributed by atoms with Crippen LogP contribution in [0.25, 0.3) is 0 Å². The summed E-state index contributed by atoms with van der Waals surface area (Å²) in [5, 5.41) is 14.9. The summed E-state index contributed by atoms with van der Waals surface area (Å²) in [5.74, 6) is -1.05. The molecule has 2 amide bonds. The van der Waals surface area contributed by atoms with Crippen molar-refractivity contribution in [2.24, 2.45) is 5.92 Å². The van der Waals surface area contributed by atoms with Gasteiger partial charge in [0.25, 0.3) is 0 Å². The van der Waals surface area contributed by atoms with Crippen molar-refractivity contribution in [1.29, 1.82) is 0 Å². The molecule has 2 fully saturated rings. The summed E-state index contributed by atoms with van der Waals surface area (Å²) in [6.07, 6.45) is 5.06. The van der Waals surface area contributed by atoms with Gasteiger partial charge in [-0.3, -0.25) is 14.4 Å². The van der Waals surface area contributed by atoms with Crippen molar-refractivity contribution >= 4 is 17.8 Å². The van der Waals surface area contributed by atoms with Crippen LogP contribution in [-0.2, 0) is 19.1 Å². The highest BCUT2D eigenvalue weighted by molar-refractivity contribution is 5.82. The van der Waals surface area contributed by atoms with Crippen molar-refractivity contribution in [2.75, 3.05) is 13.2 Å². The molecule has 1 unspecified atom stereocenters. The van der Waals surface area contributed by atoms with Gasteiger partial charge in [-0.15, -0.1) is 0 Å². The van der Waals surface area contributed by atoms with Crippen LogP contribution in [-0.4, -0.2) is 47.7 Å². The average molecular weight is 340 g/mol. The highest BCUT2D eigenvalue weighted by Crippen LogP contribution is 2.26. The van der Waals surface area contributed by atoms with E-state index in [0.717, 1.165) is 25.7 Å². The maximum absolute atomic E-state index is 12.3. The van der Waals surface area contributed by atoms with Gasteiger partial charge in [0, 0.05) is 31.6 Å². The fourth-order valence-corrected chi connectivity index (χ4v) is 3.62. The first kappa shape index (κ1) is 18.7. The average Bonchev–Trinajstić information content (AvgIpc) is 3.00. The lowest BCUT2D eigenvalue weighted by Gasteiger charge is -2.37. The van der Waals surface area contributed by atoms with Crippen molar-refractivity contribution < 1.29 is 24.2 Å². The molecule has 0 radical (unpaired) electrons. The number of nitrogens with one attached hydrogen (secondary N) is 2. The molecule has 1 heterocycles. The van der Waals surface area contributed by atoms with Crippen LogP contribution in [0.15, 0.2) is 0 Å². The standard InChI is InChI=1S/C17H28N2O5/c1-12(18-16(23)13-4-2-3-5-13)10-14(20)19-17(11-15(21)22)6-8-24-9-7-17/h12-13H,2-11H2,1H3,(H,18,23)(H,19,20)(H,21,22). The van der Waals surface area contributed by atoms with E-state index in [-0.39, 0.29) is 36.6 Å². The number of amides is 2. The van der Waals surface area contributed by atoms with Gasteiger partial charge in [0.15, 0.2) is 0 Å². The summed E-state index contributed by atoms with van der Waals surface area (Å²) in [6, 6.07) is -0.264. The zero-order chi connectivity index (χ0) is 17.6. The van der Waals surface area contributed by atoms with Crippen molar-refractivity contribution in [3.05, 3.63) is 0 Å². The number of carboxylic acids is 1. The minimum atomic E-state index is -0.931. The smallest absolute Gasteiger partial charge is 0.305 e. The highest BCUT2D eigenvalue weighted by Gasteiger charge is 2.36. The van der Waals surface area contributed by atoms with Gasteiger partial charge in [-0.1, -0.05) is 12.8 Å². The lowest BCUT2D eigenvalue weighted by molar-refractivity contribution is -0.140. The largest absolute Gasteiger partial charge is 0.481 e. The monoisotopic (exact) mass is 340 g/mol. The van der Waals surface area contributed by atoms with E-state index in [4.69, 9.17) is 9.84 Å². The SMILES string of the molecule is CC(CC(=O)NC1(CC(=O)O)CCOCC1)NC(=O)C1CCCC1. The Morgan fingerprint density at radius 3 is 2.42 bits per heavy atom. The Kier molecular flexibility index (Phi) is 6.60. The van der Waals surface area contributed by atoms with Crippen molar-refractivity contribution in [1.82, 2.24) is 10.6 Å². The molecule has 2 aliphatic rings. The number of hydrogen-bond donors (Lipinski definition) is 3. The van der Waals surface area contributed by atoms with E-state index >= 15 is 0 Å². The molecule has 1 saturated carbocycles. The Hall–Kier alpha value is -1.63. The number of carbonyl (C=O) groups is 3. The summed E-state index contributed by atoms with van der Waals surface area (Å²) in [6.45, 7) is 2.70. The number of ether oxygens (including phenoxy) is 1. The fraction of sp³-hybridized carbons (Fsp3) is 0.824. The van der Waals surface area contributed by atoms with E-state index < -0.39 is 11.5 Å². The van der Waals surface area contributed by atoms with E-state index in [1.807, 2.05) is 0 Å². The van der Waals surface area contributed by atoms with Crippen molar-refractivity contribution in [3.8, 4) is 0 Å². The Morgan fingerprint density at radius 1 is 1.21 bits per heavy atom. The Labute approximate surface area is 142 Å². The van der Waals surface area contributed by atoms with Crippen LogP contribution < -0.4 is 10.6 Å².